The second-order valence-electron chi connectivity index (χ2n) is 5.94. The van der Waals surface area contributed by atoms with Crippen LogP contribution in [0, 0.1) is 6.92 Å². The molecule has 2 aromatic rings. The number of hydrogen-bond acceptors (Lipinski definition) is 2. The topological polar surface area (TPSA) is 29.3 Å². The lowest BCUT2D eigenvalue weighted by Gasteiger charge is -2.41. The van der Waals surface area contributed by atoms with Crippen LogP contribution in [0.25, 0.3) is 5.70 Å². The van der Waals surface area contributed by atoms with Gasteiger partial charge in [-0.15, -0.1) is 0 Å². The molecule has 0 aromatic heterocycles. The molecule has 1 aliphatic heterocycles. The maximum Gasteiger partial charge on any atom is 0.0614 e. The van der Waals surface area contributed by atoms with Crippen molar-refractivity contribution in [2.24, 2.45) is 5.73 Å². The van der Waals surface area contributed by atoms with E-state index < -0.39 is 0 Å². The van der Waals surface area contributed by atoms with Crippen molar-refractivity contribution in [3.05, 3.63) is 69.7 Å². The van der Waals surface area contributed by atoms with Gasteiger partial charge in [0, 0.05) is 21.8 Å². The van der Waals surface area contributed by atoms with Crippen molar-refractivity contribution in [2.45, 2.75) is 32.9 Å². The molecule has 3 rings (SSSR count). The van der Waals surface area contributed by atoms with Crippen LogP contribution < -0.4 is 10.6 Å². The average Bonchev–Trinajstić information content (AvgIpc) is 2.48. The summed E-state index contributed by atoms with van der Waals surface area (Å²) in [5.74, 6) is 0. The Balaban J connectivity index is 2.14. The van der Waals surface area contributed by atoms with Gasteiger partial charge in [0.15, 0.2) is 0 Å². The second-order valence-corrected chi connectivity index (χ2v) is 6.79. The molecule has 3 heteroatoms. The molecule has 0 radical (unpaired) electrons. The highest BCUT2D eigenvalue weighted by molar-refractivity contribution is 9.10. The molecule has 2 aromatic carbocycles. The summed E-state index contributed by atoms with van der Waals surface area (Å²) in [7, 11) is 0. The predicted molar refractivity (Wildman–Crippen MR) is 97.8 cm³/mol. The van der Waals surface area contributed by atoms with Gasteiger partial charge in [0.05, 0.1) is 11.7 Å². The molecule has 1 heterocycles. The van der Waals surface area contributed by atoms with Crippen molar-refractivity contribution in [3.63, 3.8) is 0 Å². The third-order valence-corrected chi connectivity index (χ3v) is 5.11. The van der Waals surface area contributed by atoms with E-state index in [-0.39, 0.29) is 12.1 Å². The normalized spacial score (nSPS) is 18.6. The van der Waals surface area contributed by atoms with Gasteiger partial charge in [-0.1, -0.05) is 36.4 Å². The monoisotopic (exact) mass is 356 g/mol. The van der Waals surface area contributed by atoms with Crippen LogP contribution in [0.4, 0.5) is 5.69 Å². The molecule has 0 bridgehead atoms. The molecule has 0 saturated carbocycles. The maximum atomic E-state index is 6.25. The van der Waals surface area contributed by atoms with Crippen molar-refractivity contribution < 1.29 is 0 Å². The molecule has 2 N–H and O–H groups in total. The van der Waals surface area contributed by atoms with E-state index in [1.54, 1.807) is 0 Å². The van der Waals surface area contributed by atoms with Gasteiger partial charge in [-0.2, -0.15) is 0 Å². The third-order valence-electron chi connectivity index (χ3n) is 4.47. The Morgan fingerprint density at radius 2 is 1.86 bits per heavy atom. The lowest BCUT2D eigenvalue weighted by Crippen LogP contribution is -2.38. The van der Waals surface area contributed by atoms with Gasteiger partial charge in [0.2, 0.25) is 0 Å². The first kappa shape index (κ1) is 15.2. The molecule has 0 fully saturated rings. The molecular formula is C19H21BrN2. The van der Waals surface area contributed by atoms with E-state index in [0.29, 0.717) is 0 Å². The molecule has 1 unspecified atom stereocenters. The predicted octanol–water partition coefficient (Wildman–Crippen LogP) is 5.03. The van der Waals surface area contributed by atoms with E-state index in [1.807, 2.05) is 6.07 Å². The first-order chi connectivity index (χ1) is 10.5. The molecule has 1 aliphatic rings. The van der Waals surface area contributed by atoms with Crippen LogP contribution >= 0.6 is 15.9 Å². The number of anilines is 1. The SMILES string of the molecule is Cc1ccccc1[C@@H](C)N1c2c(Br)cccc2C(N)=CC1C. The fraction of sp³-hybridized carbons (Fsp3) is 0.263. The first-order valence-corrected chi connectivity index (χ1v) is 8.40. The highest BCUT2D eigenvalue weighted by Gasteiger charge is 2.29. The standard InChI is InChI=1S/C19H21BrN2/c1-12-7-4-5-8-15(12)14(3)22-13(2)11-18(21)16-9-6-10-17(20)19(16)22/h4-11,13-14H,21H2,1-3H3/t13?,14-/m1/s1. The maximum absolute atomic E-state index is 6.25. The minimum atomic E-state index is 0.251. The van der Waals surface area contributed by atoms with Gasteiger partial charge in [-0.3, -0.25) is 0 Å². The quantitative estimate of drug-likeness (QED) is 0.817. The van der Waals surface area contributed by atoms with Crippen molar-refractivity contribution in [2.75, 3.05) is 4.90 Å². The van der Waals surface area contributed by atoms with Gasteiger partial charge < -0.3 is 10.6 Å². The summed E-state index contributed by atoms with van der Waals surface area (Å²) < 4.78 is 1.09. The number of para-hydroxylation sites is 1. The van der Waals surface area contributed by atoms with Crippen molar-refractivity contribution >= 4 is 27.3 Å². The molecule has 0 amide bonds. The Hall–Kier alpha value is -1.74. The number of hydrogen-bond donors (Lipinski definition) is 1. The zero-order valence-electron chi connectivity index (χ0n) is 13.2. The third kappa shape index (κ3) is 2.44. The van der Waals surface area contributed by atoms with Crippen molar-refractivity contribution in [3.8, 4) is 0 Å². The molecule has 114 valence electrons. The van der Waals surface area contributed by atoms with E-state index in [4.69, 9.17) is 5.73 Å². The summed E-state index contributed by atoms with van der Waals surface area (Å²) >= 11 is 3.71. The molecule has 0 aliphatic carbocycles. The van der Waals surface area contributed by atoms with Gasteiger partial charge >= 0.3 is 0 Å². The van der Waals surface area contributed by atoms with Crippen LogP contribution in [0.1, 0.15) is 36.6 Å². The molecule has 2 nitrogen and oxygen atoms in total. The fourth-order valence-electron chi connectivity index (χ4n) is 3.40. The number of rotatable bonds is 2. The van der Waals surface area contributed by atoms with Gasteiger partial charge in [0.25, 0.3) is 0 Å². The van der Waals surface area contributed by atoms with E-state index in [9.17, 15) is 0 Å². The number of nitrogens with zero attached hydrogens (tertiary/aromatic N) is 1. The first-order valence-electron chi connectivity index (χ1n) is 7.60. The molecule has 0 saturated heterocycles. The Morgan fingerprint density at radius 3 is 2.59 bits per heavy atom. The molecule has 22 heavy (non-hydrogen) atoms. The largest absolute Gasteiger partial charge is 0.398 e. The Morgan fingerprint density at radius 1 is 1.14 bits per heavy atom. The van der Waals surface area contributed by atoms with Crippen LogP contribution in [0.15, 0.2) is 53.0 Å². The zero-order chi connectivity index (χ0) is 15.9. The van der Waals surface area contributed by atoms with Crippen molar-refractivity contribution in [1.82, 2.24) is 0 Å². The highest BCUT2D eigenvalue weighted by Crippen LogP contribution is 2.42. The Kier molecular flexibility index (Phi) is 4.00. The van der Waals surface area contributed by atoms with Gasteiger partial charge in [0.1, 0.15) is 0 Å². The zero-order valence-corrected chi connectivity index (χ0v) is 14.8. The Labute approximate surface area is 140 Å². The number of nitrogens with two attached hydrogens (primary N) is 1. The second kappa shape index (κ2) is 5.81. The lowest BCUT2D eigenvalue weighted by molar-refractivity contribution is 0.620. The smallest absolute Gasteiger partial charge is 0.0614 e. The average molecular weight is 357 g/mol. The summed E-state index contributed by atoms with van der Waals surface area (Å²) in [5.41, 5.74) is 12.1. The summed E-state index contributed by atoms with van der Waals surface area (Å²) in [6.07, 6.45) is 2.14. The minimum Gasteiger partial charge on any atom is -0.398 e. The van der Waals surface area contributed by atoms with Crippen LogP contribution in [-0.4, -0.2) is 6.04 Å². The van der Waals surface area contributed by atoms with E-state index in [1.165, 1.54) is 16.8 Å². The summed E-state index contributed by atoms with van der Waals surface area (Å²) in [6, 6.07) is 15.3. The van der Waals surface area contributed by atoms with Crippen LogP contribution in [0.3, 0.4) is 0 Å². The molecule has 2 atom stereocenters. The fourth-order valence-corrected chi connectivity index (χ4v) is 3.97. The molecular weight excluding hydrogens is 336 g/mol. The summed E-state index contributed by atoms with van der Waals surface area (Å²) in [4.78, 5) is 2.44. The summed E-state index contributed by atoms with van der Waals surface area (Å²) in [5, 5.41) is 0. The van der Waals surface area contributed by atoms with E-state index >= 15 is 0 Å². The number of fused-ring (bicyclic) bond motifs is 1. The number of aryl methyl sites for hydroxylation is 1. The van der Waals surface area contributed by atoms with Crippen LogP contribution in [0.5, 0.6) is 0 Å². The lowest BCUT2D eigenvalue weighted by atomic mass is 9.94. The minimum absolute atomic E-state index is 0.251. The van der Waals surface area contributed by atoms with Gasteiger partial charge in [-0.25, -0.2) is 0 Å². The van der Waals surface area contributed by atoms with Crippen molar-refractivity contribution in [1.29, 1.82) is 0 Å². The van der Waals surface area contributed by atoms with Gasteiger partial charge in [-0.05, 0) is 60.0 Å². The summed E-state index contributed by atoms with van der Waals surface area (Å²) in [6.45, 7) is 6.63. The number of halogens is 1. The van der Waals surface area contributed by atoms with Crippen LogP contribution in [-0.2, 0) is 0 Å². The molecule has 0 spiro atoms. The number of benzene rings is 2. The van der Waals surface area contributed by atoms with Crippen LogP contribution in [0.2, 0.25) is 0 Å². The van der Waals surface area contributed by atoms with E-state index in [0.717, 1.165) is 15.7 Å². The highest BCUT2D eigenvalue weighted by atomic mass is 79.9. The Bertz CT molecular complexity index is 736. The van der Waals surface area contributed by atoms with E-state index in [2.05, 4.69) is 84.1 Å².